The molecule has 1 unspecified atom stereocenters. The minimum Gasteiger partial charge on any atom is -0.344 e. The minimum atomic E-state index is 0.0198. The summed E-state index contributed by atoms with van der Waals surface area (Å²) in [6.45, 7) is 1.76. The number of terminal acetylenes is 1. The van der Waals surface area contributed by atoms with Crippen LogP contribution in [0.25, 0.3) is 0 Å². The quantitative estimate of drug-likeness (QED) is 0.822. The van der Waals surface area contributed by atoms with Gasteiger partial charge in [-0.05, 0) is 30.8 Å². The van der Waals surface area contributed by atoms with Crippen LogP contribution in [0.15, 0.2) is 17.5 Å². The highest BCUT2D eigenvalue weighted by atomic mass is 32.1. The zero-order valence-electron chi connectivity index (χ0n) is 9.69. The molecule has 2 rings (SSSR count). The molecule has 1 atom stereocenters. The van der Waals surface area contributed by atoms with E-state index in [9.17, 15) is 4.79 Å². The normalized spacial score (nSPS) is 20.1. The zero-order chi connectivity index (χ0) is 12.1. The van der Waals surface area contributed by atoms with Crippen LogP contribution in [0, 0.1) is 12.3 Å². The Bertz CT molecular complexity index is 408. The summed E-state index contributed by atoms with van der Waals surface area (Å²) in [5.74, 6) is 2.43. The number of nitrogens with one attached hydrogen (secondary N) is 1. The molecule has 0 bridgehead atoms. The Hall–Kier alpha value is -1.31. The fourth-order valence-corrected chi connectivity index (χ4v) is 3.10. The molecule has 90 valence electrons. The number of rotatable bonds is 4. The number of carbonyl (C=O) groups is 1. The Labute approximate surface area is 106 Å². The highest BCUT2D eigenvalue weighted by Gasteiger charge is 2.27. The number of carbonyl (C=O) groups excluding carboxylic acids is 1. The molecule has 3 nitrogen and oxygen atoms in total. The van der Waals surface area contributed by atoms with Crippen LogP contribution >= 0.6 is 11.3 Å². The Kier molecular flexibility index (Phi) is 4.18. The highest BCUT2D eigenvalue weighted by Crippen LogP contribution is 2.33. The van der Waals surface area contributed by atoms with Crippen LogP contribution in [-0.4, -0.2) is 30.4 Å². The van der Waals surface area contributed by atoms with Gasteiger partial charge < -0.3 is 5.32 Å². The molecular formula is C13H16N2OS. The summed E-state index contributed by atoms with van der Waals surface area (Å²) in [5, 5.41) is 4.80. The van der Waals surface area contributed by atoms with Crippen LogP contribution < -0.4 is 5.32 Å². The van der Waals surface area contributed by atoms with E-state index in [1.165, 1.54) is 4.88 Å². The van der Waals surface area contributed by atoms with E-state index >= 15 is 0 Å². The average Bonchev–Trinajstić information content (AvgIpc) is 2.95. The van der Waals surface area contributed by atoms with Crippen LogP contribution in [0.4, 0.5) is 0 Å². The van der Waals surface area contributed by atoms with E-state index in [-0.39, 0.29) is 5.91 Å². The Balaban J connectivity index is 1.92. The van der Waals surface area contributed by atoms with Crippen molar-refractivity contribution in [2.75, 3.05) is 19.6 Å². The molecule has 1 aliphatic heterocycles. The average molecular weight is 248 g/mol. The second-order valence-electron chi connectivity index (χ2n) is 4.12. The number of likely N-dealkylation sites (tertiary alicyclic amines) is 1. The van der Waals surface area contributed by atoms with Gasteiger partial charge >= 0.3 is 0 Å². The van der Waals surface area contributed by atoms with Crippen LogP contribution in [0.5, 0.6) is 0 Å². The standard InChI is InChI=1S/C13H16N2OS/c1-2-7-14-13(16)10-15-8-3-5-11(15)12-6-4-9-17-12/h1,4,6,9,11H,3,5,7-8,10H2,(H,14,16). The molecule has 1 saturated heterocycles. The van der Waals surface area contributed by atoms with Crippen LogP contribution in [0.3, 0.4) is 0 Å². The molecule has 0 spiro atoms. The van der Waals surface area contributed by atoms with E-state index in [2.05, 4.69) is 33.6 Å². The van der Waals surface area contributed by atoms with Crippen molar-refractivity contribution in [1.29, 1.82) is 0 Å². The topological polar surface area (TPSA) is 32.3 Å². The molecule has 0 aromatic carbocycles. The molecule has 4 heteroatoms. The first-order valence-electron chi connectivity index (χ1n) is 5.79. The fraction of sp³-hybridized carbons (Fsp3) is 0.462. The maximum Gasteiger partial charge on any atom is 0.234 e. The van der Waals surface area contributed by atoms with Crippen molar-refractivity contribution in [3.05, 3.63) is 22.4 Å². The van der Waals surface area contributed by atoms with Gasteiger partial charge in [-0.25, -0.2) is 0 Å². The van der Waals surface area contributed by atoms with E-state index in [0.717, 1.165) is 19.4 Å². The van der Waals surface area contributed by atoms with Crippen molar-refractivity contribution < 1.29 is 4.79 Å². The van der Waals surface area contributed by atoms with Gasteiger partial charge in [-0.3, -0.25) is 9.69 Å². The Morgan fingerprint density at radius 3 is 3.29 bits per heavy atom. The summed E-state index contributed by atoms with van der Waals surface area (Å²) in [6, 6.07) is 4.62. The van der Waals surface area contributed by atoms with Gasteiger partial charge in [0.25, 0.3) is 0 Å². The number of amides is 1. The zero-order valence-corrected chi connectivity index (χ0v) is 10.5. The van der Waals surface area contributed by atoms with Crippen molar-refractivity contribution in [2.45, 2.75) is 18.9 Å². The molecule has 0 saturated carbocycles. The molecule has 1 fully saturated rings. The number of nitrogens with zero attached hydrogens (tertiary/aromatic N) is 1. The molecule has 2 heterocycles. The summed E-state index contributed by atoms with van der Waals surface area (Å²) in [5.41, 5.74) is 0. The number of hydrogen-bond acceptors (Lipinski definition) is 3. The third-order valence-electron chi connectivity index (χ3n) is 2.97. The van der Waals surface area contributed by atoms with Gasteiger partial charge in [0.1, 0.15) is 0 Å². The second kappa shape index (κ2) is 5.85. The third-order valence-corrected chi connectivity index (χ3v) is 3.94. The molecule has 17 heavy (non-hydrogen) atoms. The summed E-state index contributed by atoms with van der Waals surface area (Å²) in [7, 11) is 0. The van der Waals surface area contributed by atoms with E-state index in [4.69, 9.17) is 6.42 Å². The van der Waals surface area contributed by atoms with Crippen LogP contribution in [0.2, 0.25) is 0 Å². The molecule has 1 aromatic rings. The van der Waals surface area contributed by atoms with Crippen LogP contribution in [-0.2, 0) is 4.79 Å². The number of hydrogen-bond donors (Lipinski definition) is 1. The molecule has 0 radical (unpaired) electrons. The van der Waals surface area contributed by atoms with E-state index in [0.29, 0.717) is 19.1 Å². The number of thiophene rings is 1. The SMILES string of the molecule is C#CCNC(=O)CN1CCCC1c1cccs1. The lowest BCUT2D eigenvalue weighted by Crippen LogP contribution is -2.36. The van der Waals surface area contributed by atoms with Gasteiger partial charge in [-0.15, -0.1) is 17.8 Å². The summed E-state index contributed by atoms with van der Waals surface area (Å²) in [6.07, 6.45) is 7.41. The maximum atomic E-state index is 11.6. The third kappa shape index (κ3) is 3.09. The lowest BCUT2D eigenvalue weighted by atomic mass is 10.2. The predicted octanol–water partition coefficient (Wildman–Crippen LogP) is 1.63. The lowest BCUT2D eigenvalue weighted by Gasteiger charge is -2.22. The first kappa shape index (κ1) is 12.2. The van der Waals surface area contributed by atoms with E-state index in [1.54, 1.807) is 11.3 Å². The van der Waals surface area contributed by atoms with Crippen molar-refractivity contribution in [3.63, 3.8) is 0 Å². The Morgan fingerprint density at radius 2 is 2.59 bits per heavy atom. The summed E-state index contributed by atoms with van der Waals surface area (Å²) < 4.78 is 0. The van der Waals surface area contributed by atoms with Crippen LogP contribution in [0.1, 0.15) is 23.8 Å². The molecule has 1 aromatic heterocycles. The van der Waals surface area contributed by atoms with E-state index in [1.807, 2.05) is 0 Å². The minimum absolute atomic E-state index is 0.0198. The molecule has 1 aliphatic rings. The van der Waals surface area contributed by atoms with Gasteiger partial charge in [0.15, 0.2) is 0 Å². The van der Waals surface area contributed by atoms with Gasteiger partial charge in [0, 0.05) is 10.9 Å². The van der Waals surface area contributed by atoms with Gasteiger partial charge in [-0.1, -0.05) is 12.0 Å². The predicted molar refractivity (Wildman–Crippen MR) is 69.7 cm³/mol. The molecule has 1 amide bonds. The van der Waals surface area contributed by atoms with Crippen molar-refractivity contribution in [3.8, 4) is 12.3 Å². The van der Waals surface area contributed by atoms with Gasteiger partial charge in [-0.2, -0.15) is 0 Å². The van der Waals surface area contributed by atoms with Crippen molar-refractivity contribution in [2.24, 2.45) is 0 Å². The fourth-order valence-electron chi connectivity index (χ4n) is 2.21. The Morgan fingerprint density at radius 1 is 1.71 bits per heavy atom. The summed E-state index contributed by atoms with van der Waals surface area (Å²) >= 11 is 1.76. The van der Waals surface area contributed by atoms with Crippen molar-refractivity contribution >= 4 is 17.2 Å². The van der Waals surface area contributed by atoms with Crippen molar-refractivity contribution in [1.82, 2.24) is 10.2 Å². The highest BCUT2D eigenvalue weighted by molar-refractivity contribution is 7.10. The van der Waals surface area contributed by atoms with Gasteiger partial charge in [0.05, 0.1) is 13.1 Å². The first-order chi connectivity index (χ1) is 8.31. The molecular weight excluding hydrogens is 232 g/mol. The van der Waals surface area contributed by atoms with E-state index < -0.39 is 0 Å². The molecule has 1 N–H and O–H groups in total. The summed E-state index contributed by atoms with van der Waals surface area (Å²) in [4.78, 5) is 15.2. The monoisotopic (exact) mass is 248 g/mol. The van der Waals surface area contributed by atoms with Gasteiger partial charge in [0.2, 0.25) is 5.91 Å². The smallest absolute Gasteiger partial charge is 0.234 e. The second-order valence-corrected chi connectivity index (χ2v) is 5.10. The largest absolute Gasteiger partial charge is 0.344 e. The lowest BCUT2D eigenvalue weighted by molar-refractivity contribution is -0.122. The maximum absolute atomic E-state index is 11.6. The first-order valence-corrected chi connectivity index (χ1v) is 6.67. The molecule has 0 aliphatic carbocycles.